The summed E-state index contributed by atoms with van der Waals surface area (Å²) in [5, 5.41) is 12.2. The average molecular weight is 408 g/mol. The fourth-order valence-corrected chi connectivity index (χ4v) is 3.25. The molecule has 148 valence electrons. The van der Waals surface area contributed by atoms with Crippen molar-refractivity contribution in [3.63, 3.8) is 0 Å². The molecule has 0 saturated heterocycles. The van der Waals surface area contributed by atoms with Gasteiger partial charge in [-0.1, -0.05) is 67.1 Å². The number of halogens is 1. The maximum atomic E-state index is 12.3. The molecule has 0 aliphatic rings. The SMILES string of the molecule is CCc1ccc(-c2ccc(CCC(=O)Nc3cc(Cl)ccc3C(=O)O)cc2)cc1. The largest absolute Gasteiger partial charge is 0.478 e. The first-order chi connectivity index (χ1) is 14.0. The first-order valence-corrected chi connectivity index (χ1v) is 9.85. The number of carboxylic acids is 1. The van der Waals surface area contributed by atoms with Gasteiger partial charge in [0.15, 0.2) is 0 Å². The van der Waals surface area contributed by atoms with Crippen LogP contribution in [-0.2, 0) is 17.6 Å². The molecule has 0 unspecified atom stereocenters. The predicted molar refractivity (Wildman–Crippen MR) is 117 cm³/mol. The zero-order valence-electron chi connectivity index (χ0n) is 16.1. The summed E-state index contributed by atoms with van der Waals surface area (Å²) in [4.78, 5) is 23.6. The van der Waals surface area contributed by atoms with Gasteiger partial charge in [0, 0.05) is 11.4 Å². The minimum absolute atomic E-state index is 0.0150. The Bertz CT molecular complexity index is 1010. The van der Waals surface area contributed by atoms with E-state index in [1.54, 1.807) is 0 Å². The molecule has 4 nitrogen and oxygen atoms in total. The molecule has 0 atom stereocenters. The Morgan fingerprint density at radius 2 is 1.48 bits per heavy atom. The van der Waals surface area contributed by atoms with E-state index < -0.39 is 5.97 Å². The van der Waals surface area contributed by atoms with E-state index >= 15 is 0 Å². The molecule has 0 radical (unpaired) electrons. The molecule has 0 bridgehead atoms. The Balaban J connectivity index is 1.61. The number of nitrogens with one attached hydrogen (secondary N) is 1. The minimum Gasteiger partial charge on any atom is -0.478 e. The number of benzene rings is 3. The highest BCUT2D eigenvalue weighted by atomic mass is 35.5. The van der Waals surface area contributed by atoms with Crippen LogP contribution in [-0.4, -0.2) is 17.0 Å². The minimum atomic E-state index is -1.11. The van der Waals surface area contributed by atoms with Crippen molar-refractivity contribution in [2.45, 2.75) is 26.2 Å². The van der Waals surface area contributed by atoms with Crippen molar-refractivity contribution in [1.82, 2.24) is 0 Å². The Labute approximate surface area is 175 Å². The van der Waals surface area contributed by atoms with E-state index in [2.05, 4.69) is 36.5 Å². The number of aryl methyl sites for hydroxylation is 2. The number of hydrogen-bond acceptors (Lipinski definition) is 2. The van der Waals surface area contributed by atoms with Crippen LogP contribution in [0.25, 0.3) is 11.1 Å². The van der Waals surface area contributed by atoms with Crippen LogP contribution in [0, 0.1) is 0 Å². The summed E-state index contributed by atoms with van der Waals surface area (Å²) in [6.07, 6.45) is 1.82. The van der Waals surface area contributed by atoms with Gasteiger partial charge in [-0.15, -0.1) is 0 Å². The summed E-state index contributed by atoms with van der Waals surface area (Å²) in [6, 6.07) is 20.9. The summed E-state index contributed by atoms with van der Waals surface area (Å²) < 4.78 is 0. The van der Waals surface area contributed by atoms with Crippen molar-refractivity contribution in [3.05, 3.63) is 88.4 Å². The van der Waals surface area contributed by atoms with E-state index in [4.69, 9.17) is 11.6 Å². The second-order valence-electron chi connectivity index (χ2n) is 6.79. The van der Waals surface area contributed by atoms with Gasteiger partial charge in [-0.25, -0.2) is 4.79 Å². The number of amides is 1. The fraction of sp³-hybridized carbons (Fsp3) is 0.167. The van der Waals surface area contributed by atoms with Gasteiger partial charge in [0.2, 0.25) is 5.91 Å². The third kappa shape index (κ3) is 5.46. The van der Waals surface area contributed by atoms with Crippen LogP contribution in [0.2, 0.25) is 5.02 Å². The highest BCUT2D eigenvalue weighted by Crippen LogP contribution is 2.23. The van der Waals surface area contributed by atoms with Crippen LogP contribution < -0.4 is 5.32 Å². The van der Waals surface area contributed by atoms with Gasteiger partial charge in [0.1, 0.15) is 0 Å². The summed E-state index contributed by atoms with van der Waals surface area (Å²) >= 11 is 5.92. The molecule has 0 aromatic heterocycles. The first kappa shape index (κ1) is 20.6. The monoisotopic (exact) mass is 407 g/mol. The third-order valence-corrected chi connectivity index (χ3v) is 5.01. The number of carboxylic acid groups (broad SMARTS) is 1. The molecule has 0 spiro atoms. The van der Waals surface area contributed by atoms with Crippen LogP contribution in [0.3, 0.4) is 0 Å². The molecule has 3 aromatic carbocycles. The topological polar surface area (TPSA) is 66.4 Å². The van der Waals surface area contributed by atoms with Gasteiger partial charge < -0.3 is 10.4 Å². The van der Waals surface area contributed by atoms with E-state index in [9.17, 15) is 14.7 Å². The molecular formula is C24H22ClNO3. The van der Waals surface area contributed by atoms with Gasteiger partial charge in [-0.2, -0.15) is 0 Å². The number of carbonyl (C=O) groups excluding carboxylic acids is 1. The van der Waals surface area contributed by atoms with Gasteiger partial charge in [0.25, 0.3) is 0 Å². The molecule has 2 N–H and O–H groups in total. The summed E-state index contributed by atoms with van der Waals surface area (Å²) in [6.45, 7) is 2.13. The van der Waals surface area contributed by atoms with E-state index in [0.717, 1.165) is 23.1 Å². The van der Waals surface area contributed by atoms with Crippen molar-refractivity contribution in [3.8, 4) is 11.1 Å². The number of rotatable bonds is 7. The van der Waals surface area contributed by atoms with E-state index in [1.807, 2.05) is 24.3 Å². The Kier molecular flexibility index (Phi) is 6.68. The Morgan fingerprint density at radius 1 is 0.897 bits per heavy atom. The quantitative estimate of drug-likeness (QED) is 0.517. The fourth-order valence-electron chi connectivity index (χ4n) is 3.07. The zero-order valence-corrected chi connectivity index (χ0v) is 16.9. The summed E-state index contributed by atoms with van der Waals surface area (Å²) in [5.41, 5.74) is 4.86. The number of hydrogen-bond donors (Lipinski definition) is 2. The van der Waals surface area contributed by atoms with Gasteiger partial charge in [-0.05, 0) is 53.3 Å². The maximum Gasteiger partial charge on any atom is 0.337 e. The molecule has 3 aromatic rings. The maximum absolute atomic E-state index is 12.3. The lowest BCUT2D eigenvalue weighted by atomic mass is 10.0. The van der Waals surface area contributed by atoms with Crippen LogP contribution in [0.4, 0.5) is 5.69 Å². The molecule has 0 heterocycles. The van der Waals surface area contributed by atoms with E-state index in [0.29, 0.717) is 11.4 Å². The molecule has 3 rings (SSSR count). The molecule has 0 fully saturated rings. The lowest BCUT2D eigenvalue weighted by molar-refractivity contribution is -0.116. The lowest BCUT2D eigenvalue weighted by Crippen LogP contribution is -2.15. The van der Waals surface area contributed by atoms with E-state index in [1.165, 1.54) is 23.8 Å². The molecule has 29 heavy (non-hydrogen) atoms. The van der Waals surface area contributed by atoms with Crippen LogP contribution in [0.5, 0.6) is 0 Å². The standard InChI is InChI=1S/C24H22ClNO3/c1-2-16-3-8-18(9-4-16)19-10-5-17(6-11-19)7-14-23(27)26-22-15-20(25)12-13-21(22)24(28)29/h3-6,8-13,15H,2,7,14H2,1H3,(H,26,27)(H,28,29). The molecule has 0 saturated carbocycles. The Morgan fingerprint density at radius 3 is 2.03 bits per heavy atom. The number of carbonyl (C=O) groups is 2. The van der Waals surface area contributed by atoms with Crippen LogP contribution >= 0.6 is 11.6 Å². The third-order valence-electron chi connectivity index (χ3n) is 4.78. The molecule has 5 heteroatoms. The van der Waals surface area contributed by atoms with Crippen molar-refractivity contribution in [1.29, 1.82) is 0 Å². The van der Waals surface area contributed by atoms with Crippen LogP contribution in [0.15, 0.2) is 66.7 Å². The second-order valence-corrected chi connectivity index (χ2v) is 7.23. The summed E-state index contributed by atoms with van der Waals surface area (Å²) in [7, 11) is 0. The Hall–Kier alpha value is -3.11. The van der Waals surface area contributed by atoms with Crippen molar-refractivity contribution >= 4 is 29.2 Å². The van der Waals surface area contributed by atoms with E-state index in [-0.39, 0.29) is 23.6 Å². The average Bonchev–Trinajstić information content (AvgIpc) is 2.72. The smallest absolute Gasteiger partial charge is 0.337 e. The molecular weight excluding hydrogens is 386 g/mol. The lowest BCUT2D eigenvalue weighted by Gasteiger charge is -2.09. The van der Waals surface area contributed by atoms with Crippen molar-refractivity contribution < 1.29 is 14.7 Å². The first-order valence-electron chi connectivity index (χ1n) is 9.47. The molecule has 0 aliphatic carbocycles. The highest BCUT2D eigenvalue weighted by Gasteiger charge is 2.13. The normalized spacial score (nSPS) is 10.6. The van der Waals surface area contributed by atoms with Gasteiger partial charge in [-0.3, -0.25) is 4.79 Å². The second kappa shape index (κ2) is 9.39. The highest BCUT2D eigenvalue weighted by molar-refractivity contribution is 6.31. The van der Waals surface area contributed by atoms with Crippen LogP contribution in [0.1, 0.15) is 34.8 Å². The van der Waals surface area contributed by atoms with Gasteiger partial charge in [0.05, 0.1) is 11.3 Å². The van der Waals surface area contributed by atoms with Crippen molar-refractivity contribution in [2.24, 2.45) is 0 Å². The zero-order chi connectivity index (χ0) is 20.8. The molecule has 0 aliphatic heterocycles. The van der Waals surface area contributed by atoms with Gasteiger partial charge >= 0.3 is 5.97 Å². The van der Waals surface area contributed by atoms with Crippen molar-refractivity contribution in [2.75, 3.05) is 5.32 Å². The predicted octanol–water partition coefficient (Wildman–Crippen LogP) is 5.84. The number of anilines is 1. The summed E-state index contributed by atoms with van der Waals surface area (Å²) in [5.74, 6) is -1.37. The molecule has 1 amide bonds. The number of aromatic carboxylic acids is 1.